The number of nitrogens with zero attached hydrogens (tertiary/aromatic N) is 3. The van der Waals surface area contributed by atoms with Gasteiger partial charge in [-0.3, -0.25) is 10.00 Å². The average Bonchev–Trinajstić information content (AvgIpc) is 2.85. The molecule has 0 saturated heterocycles. The molecule has 0 amide bonds. The van der Waals surface area contributed by atoms with Gasteiger partial charge in [-0.15, -0.1) is 0 Å². The van der Waals surface area contributed by atoms with Crippen molar-refractivity contribution >= 4 is 12.2 Å². The minimum Gasteiger partial charge on any atom is -0.497 e. The number of benzene rings is 1. The molecule has 0 aliphatic carbocycles. The molecule has 2 aromatic rings. The van der Waals surface area contributed by atoms with Crippen LogP contribution in [0.3, 0.4) is 0 Å². The van der Waals surface area contributed by atoms with Gasteiger partial charge in [-0.25, -0.2) is 4.68 Å². The van der Waals surface area contributed by atoms with Crippen LogP contribution >= 0.6 is 12.2 Å². The van der Waals surface area contributed by atoms with Crippen molar-refractivity contribution in [2.45, 2.75) is 19.0 Å². The molecule has 144 valence electrons. The Kier molecular flexibility index (Phi) is 5.96. The molecule has 0 unspecified atom stereocenters. The number of aromatic amines is 1. The molecule has 0 fully saturated rings. The van der Waals surface area contributed by atoms with Crippen LogP contribution in [0.25, 0.3) is 11.4 Å². The second-order valence-corrected chi connectivity index (χ2v) is 5.74. The van der Waals surface area contributed by atoms with E-state index in [0.29, 0.717) is 11.3 Å². The molecule has 1 aromatic heterocycles. The van der Waals surface area contributed by atoms with Crippen LogP contribution in [0.1, 0.15) is 0 Å². The molecular weight excluding hydrogens is 386 g/mol. The van der Waals surface area contributed by atoms with Crippen molar-refractivity contribution in [3.05, 3.63) is 29.0 Å². The van der Waals surface area contributed by atoms with E-state index in [4.69, 9.17) is 17.0 Å². The molecule has 5 nitrogen and oxygen atoms in total. The van der Waals surface area contributed by atoms with Crippen LogP contribution in [0.15, 0.2) is 24.3 Å². The second kappa shape index (κ2) is 7.66. The molecular formula is C14H14F6N4OS. The first-order valence-corrected chi connectivity index (χ1v) is 7.55. The van der Waals surface area contributed by atoms with E-state index in [1.807, 2.05) is 0 Å². The predicted molar refractivity (Wildman–Crippen MR) is 83.1 cm³/mol. The zero-order valence-corrected chi connectivity index (χ0v) is 14.2. The quantitative estimate of drug-likeness (QED) is 0.588. The summed E-state index contributed by atoms with van der Waals surface area (Å²) < 4.78 is 81.1. The SMILES string of the molecule is COc1ccc(-c2nc(=S)n(CN(CC(F)(F)F)CC(F)(F)F)[nH]2)cc1. The third kappa shape index (κ3) is 6.02. The molecule has 2 rings (SSSR count). The van der Waals surface area contributed by atoms with Gasteiger partial charge < -0.3 is 4.74 Å². The number of alkyl halides is 6. The summed E-state index contributed by atoms with van der Waals surface area (Å²) in [5, 5.41) is 2.62. The topological polar surface area (TPSA) is 46.1 Å². The Morgan fingerprint density at radius 3 is 2.08 bits per heavy atom. The van der Waals surface area contributed by atoms with Crippen LogP contribution in [0.5, 0.6) is 5.75 Å². The van der Waals surface area contributed by atoms with Crippen LogP contribution in [0.4, 0.5) is 26.3 Å². The lowest BCUT2D eigenvalue weighted by Crippen LogP contribution is -2.41. The Hall–Kier alpha value is -2.08. The van der Waals surface area contributed by atoms with Gasteiger partial charge in [0.15, 0.2) is 5.82 Å². The van der Waals surface area contributed by atoms with Gasteiger partial charge in [0.1, 0.15) is 5.75 Å². The van der Waals surface area contributed by atoms with Gasteiger partial charge in [0.05, 0.1) is 26.9 Å². The van der Waals surface area contributed by atoms with Crippen LogP contribution < -0.4 is 4.74 Å². The lowest BCUT2D eigenvalue weighted by Gasteiger charge is -2.24. The fourth-order valence-corrected chi connectivity index (χ4v) is 2.39. The highest BCUT2D eigenvalue weighted by Crippen LogP contribution is 2.23. The van der Waals surface area contributed by atoms with Gasteiger partial charge in [0, 0.05) is 5.56 Å². The van der Waals surface area contributed by atoms with E-state index >= 15 is 0 Å². The number of H-pyrrole nitrogens is 1. The molecule has 0 spiro atoms. The highest BCUT2D eigenvalue weighted by Gasteiger charge is 2.37. The molecule has 0 radical (unpaired) electrons. The number of ether oxygens (including phenoxy) is 1. The number of halogens is 6. The van der Waals surface area contributed by atoms with Gasteiger partial charge in [0.2, 0.25) is 4.77 Å². The Bertz CT molecular complexity index is 764. The maximum atomic E-state index is 12.5. The zero-order chi connectivity index (χ0) is 19.5. The van der Waals surface area contributed by atoms with E-state index in [-0.39, 0.29) is 15.5 Å². The van der Waals surface area contributed by atoms with E-state index in [1.165, 1.54) is 7.11 Å². The van der Waals surface area contributed by atoms with E-state index in [2.05, 4.69) is 10.1 Å². The normalized spacial score (nSPS) is 12.6. The Labute approximate surface area is 149 Å². The smallest absolute Gasteiger partial charge is 0.401 e. The average molecular weight is 400 g/mol. The minimum absolute atomic E-state index is 0.162. The summed E-state index contributed by atoms with van der Waals surface area (Å²) in [6.45, 7) is -4.20. The van der Waals surface area contributed by atoms with Crippen molar-refractivity contribution < 1.29 is 31.1 Å². The standard InChI is InChI=1S/C14H14F6N4OS/c1-25-10-4-2-9(3-5-10)11-21-12(26)24(22-11)8-23(6-13(15,16)17)7-14(18,19)20/h2-5H,6-8H2,1H3,(H,21,22,26). The number of hydrogen-bond donors (Lipinski definition) is 1. The Morgan fingerprint density at radius 2 is 1.62 bits per heavy atom. The molecule has 1 heterocycles. The van der Waals surface area contributed by atoms with Gasteiger partial charge in [-0.1, -0.05) is 0 Å². The third-order valence-electron chi connectivity index (χ3n) is 3.19. The highest BCUT2D eigenvalue weighted by molar-refractivity contribution is 7.71. The summed E-state index contributed by atoms with van der Waals surface area (Å²) >= 11 is 4.93. The third-order valence-corrected chi connectivity index (χ3v) is 3.50. The molecule has 12 heteroatoms. The van der Waals surface area contributed by atoms with Gasteiger partial charge in [0.25, 0.3) is 0 Å². The number of methoxy groups -OCH3 is 1. The maximum absolute atomic E-state index is 12.5. The van der Waals surface area contributed by atoms with Crippen molar-refractivity contribution in [2.75, 3.05) is 20.2 Å². The van der Waals surface area contributed by atoms with Crippen molar-refractivity contribution in [1.29, 1.82) is 0 Å². The number of nitrogens with one attached hydrogen (secondary N) is 1. The van der Waals surface area contributed by atoms with E-state index < -0.39 is 32.1 Å². The minimum atomic E-state index is -4.79. The van der Waals surface area contributed by atoms with E-state index in [0.717, 1.165) is 4.68 Å². The largest absolute Gasteiger partial charge is 0.497 e. The first kappa shape index (κ1) is 20.2. The summed E-state index contributed by atoms with van der Waals surface area (Å²) in [6, 6.07) is 6.51. The summed E-state index contributed by atoms with van der Waals surface area (Å²) in [5.41, 5.74) is 0.550. The van der Waals surface area contributed by atoms with Crippen molar-refractivity contribution in [3.8, 4) is 17.1 Å². The maximum Gasteiger partial charge on any atom is 0.401 e. The molecule has 1 N–H and O–H groups in total. The fourth-order valence-electron chi connectivity index (χ4n) is 2.19. The van der Waals surface area contributed by atoms with Gasteiger partial charge in [-0.05, 0) is 36.5 Å². The summed E-state index contributed by atoms with van der Waals surface area (Å²) in [5.74, 6) is 0.796. The summed E-state index contributed by atoms with van der Waals surface area (Å²) in [4.78, 5) is 4.16. The van der Waals surface area contributed by atoms with Gasteiger partial charge >= 0.3 is 12.4 Å². The predicted octanol–water partition coefficient (Wildman–Crippen LogP) is 4.00. The van der Waals surface area contributed by atoms with Crippen LogP contribution in [0, 0.1) is 4.77 Å². The second-order valence-electron chi connectivity index (χ2n) is 5.37. The molecule has 0 bridgehead atoms. The van der Waals surface area contributed by atoms with Crippen molar-refractivity contribution in [1.82, 2.24) is 19.7 Å². The van der Waals surface area contributed by atoms with E-state index in [9.17, 15) is 26.3 Å². The van der Waals surface area contributed by atoms with Crippen LogP contribution in [-0.4, -0.2) is 52.2 Å². The van der Waals surface area contributed by atoms with Gasteiger partial charge in [-0.2, -0.15) is 31.3 Å². The van der Waals surface area contributed by atoms with Crippen molar-refractivity contribution in [2.24, 2.45) is 0 Å². The van der Waals surface area contributed by atoms with Crippen molar-refractivity contribution in [3.63, 3.8) is 0 Å². The van der Waals surface area contributed by atoms with Crippen LogP contribution in [0.2, 0.25) is 0 Å². The number of hydrogen-bond acceptors (Lipinski definition) is 4. The first-order chi connectivity index (χ1) is 12.0. The molecule has 0 aliphatic heterocycles. The molecule has 0 aliphatic rings. The lowest BCUT2D eigenvalue weighted by molar-refractivity contribution is -0.185. The number of rotatable bonds is 6. The Morgan fingerprint density at radius 1 is 1.08 bits per heavy atom. The highest BCUT2D eigenvalue weighted by atomic mass is 32.1. The molecule has 0 saturated carbocycles. The molecule has 0 atom stereocenters. The first-order valence-electron chi connectivity index (χ1n) is 7.14. The monoisotopic (exact) mass is 400 g/mol. The lowest BCUT2D eigenvalue weighted by atomic mass is 10.2. The molecule has 1 aromatic carbocycles. The zero-order valence-electron chi connectivity index (χ0n) is 13.4. The fraction of sp³-hybridized carbons (Fsp3) is 0.429. The summed E-state index contributed by atoms with van der Waals surface area (Å²) in [7, 11) is 1.48. The van der Waals surface area contributed by atoms with E-state index in [1.54, 1.807) is 24.3 Å². The van der Waals surface area contributed by atoms with Crippen LogP contribution in [-0.2, 0) is 6.67 Å². The summed E-state index contributed by atoms with van der Waals surface area (Å²) in [6.07, 6.45) is -9.57. The molecule has 26 heavy (non-hydrogen) atoms. The number of aromatic nitrogens is 3. The Balaban J connectivity index is 2.23.